The molecule has 0 amide bonds. The summed E-state index contributed by atoms with van der Waals surface area (Å²) < 4.78 is 0. The van der Waals surface area contributed by atoms with Crippen molar-refractivity contribution in [1.82, 2.24) is 5.32 Å². The van der Waals surface area contributed by atoms with Crippen molar-refractivity contribution in [2.75, 3.05) is 18.8 Å². The quantitative estimate of drug-likeness (QED) is 0.883. The minimum atomic E-state index is -0.489. The summed E-state index contributed by atoms with van der Waals surface area (Å²) in [4.78, 5) is 0. The molecule has 1 fully saturated rings. The standard InChI is InChI=1S/C13H18ClNOS/c14-12-4-2-1-3-11(12)9-17-10-13(16)5-7-15-8-6-13/h1-4,15-16H,5-10H2. The third kappa shape index (κ3) is 3.88. The van der Waals surface area contributed by atoms with E-state index in [-0.39, 0.29) is 0 Å². The van der Waals surface area contributed by atoms with Gasteiger partial charge in [0, 0.05) is 16.5 Å². The highest BCUT2D eigenvalue weighted by atomic mass is 35.5. The summed E-state index contributed by atoms with van der Waals surface area (Å²) in [6, 6.07) is 7.90. The maximum atomic E-state index is 10.3. The van der Waals surface area contributed by atoms with E-state index >= 15 is 0 Å². The highest BCUT2D eigenvalue weighted by Gasteiger charge is 2.28. The first-order chi connectivity index (χ1) is 8.20. The predicted octanol–water partition coefficient (Wildman–Crippen LogP) is 2.69. The fourth-order valence-electron chi connectivity index (χ4n) is 2.00. The van der Waals surface area contributed by atoms with Crippen LogP contribution >= 0.6 is 23.4 Å². The van der Waals surface area contributed by atoms with E-state index in [9.17, 15) is 5.11 Å². The topological polar surface area (TPSA) is 32.3 Å². The lowest BCUT2D eigenvalue weighted by atomic mass is 9.95. The number of aliphatic hydroxyl groups is 1. The van der Waals surface area contributed by atoms with Crippen LogP contribution in [0.25, 0.3) is 0 Å². The minimum Gasteiger partial charge on any atom is -0.389 e. The molecule has 1 saturated heterocycles. The molecule has 0 saturated carbocycles. The van der Waals surface area contributed by atoms with Gasteiger partial charge >= 0.3 is 0 Å². The highest BCUT2D eigenvalue weighted by molar-refractivity contribution is 7.98. The summed E-state index contributed by atoms with van der Waals surface area (Å²) in [7, 11) is 0. The van der Waals surface area contributed by atoms with E-state index in [1.54, 1.807) is 11.8 Å². The lowest BCUT2D eigenvalue weighted by Crippen LogP contribution is -2.43. The van der Waals surface area contributed by atoms with E-state index in [0.717, 1.165) is 48.0 Å². The molecule has 1 aromatic rings. The van der Waals surface area contributed by atoms with Crippen LogP contribution in [0.3, 0.4) is 0 Å². The Morgan fingerprint density at radius 1 is 1.29 bits per heavy atom. The number of rotatable bonds is 4. The Bertz CT molecular complexity index is 366. The van der Waals surface area contributed by atoms with Crippen LogP contribution in [0.5, 0.6) is 0 Å². The van der Waals surface area contributed by atoms with Gasteiger partial charge in [-0.3, -0.25) is 0 Å². The van der Waals surface area contributed by atoms with Crippen LogP contribution in [-0.2, 0) is 5.75 Å². The lowest BCUT2D eigenvalue weighted by molar-refractivity contribution is 0.0339. The first-order valence-corrected chi connectivity index (χ1v) is 7.47. The van der Waals surface area contributed by atoms with E-state index in [1.807, 2.05) is 24.3 Å². The fourth-order valence-corrected chi connectivity index (χ4v) is 3.53. The molecule has 0 aromatic heterocycles. The second kappa shape index (κ2) is 6.10. The molecule has 1 aliphatic rings. The third-order valence-corrected chi connectivity index (χ3v) is 4.75. The van der Waals surface area contributed by atoms with E-state index in [0.29, 0.717) is 0 Å². The maximum absolute atomic E-state index is 10.3. The second-order valence-electron chi connectivity index (χ2n) is 4.56. The van der Waals surface area contributed by atoms with Crippen molar-refractivity contribution in [2.45, 2.75) is 24.2 Å². The summed E-state index contributed by atoms with van der Waals surface area (Å²) in [5, 5.41) is 14.4. The largest absolute Gasteiger partial charge is 0.389 e. The molecule has 94 valence electrons. The normalized spacial score (nSPS) is 19.2. The first kappa shape index (κ1) is 13.2. The van der Waals surface area contributed by atoms with Crippen molar-refractivity contribution in [3.63, 3.8) is 0 Å². The molecule has 2 nitrogen and oxygen atoms in total. The zero-order valence-electron chi connectivity index (χ0n) is 9.79. The molecule has 1 aromatic carbocycles. The Labute approximate surface area is 112 Å². The van der Waals surface area contributed by atoms with Crippen LogP contribution in [0, 0.1) is 0 Å². The Kier molecular flexibility index (Phi) is 4.74. The minimum absolute atomic E-state index is 0.489. The molecule has 2 rings (SSSR count). The number of thioether (sulfide) groups is 1. The van der Waals surface area contributed by atoms with Gasteiger partial charge < -0.3 is 10.4 Å². The van der Waals surface area contributed by atoms with Gasteiger partial charge in [-0.2, -0.15) is 11.8 Å². The van der Waals surface area contributed by atoms with Crippen LogP contribution < -0.4 is 5.32 Å². The zero-order chi connectivity index (χ0) is 12.1. The lowest BCUT2D eigenvalue weighted by Gasteiger charge is -2.32. The van der Waals surface area contributed by atoms with Gasteiger partial charge in [-0.05, 0) is 37.6 Å². The molecular formula is C13H18ClNOS. The van der Waals surface area contributed by atoms with Gasteiger partial charge in [0.2, 0.25) is 0 Å². The van der Waals surface area contributed by atoms with E-state index in [2.05, 4.69) is 5.32 Å². The van der Waals surface area contributed by atoms with Crippen LogP contribution in [0.4, 0.5) is 0 Å². The molecular weight excluding hydrogens is 254 g/mol. The summed E-state index contributed by atoms with van der Waals surface area (Å²) in [5.74, 6) is 1.66. The van der Waals surface area contributed by atoms with Gasteiger partial charge in [-0.1, -0.05) is 29.8 Å². The number of benzene rings is 1. The number of hydrogen-bond acceptors (Lipinski definition) is 3. The monoisotopic (exact) mass is 271 g/mol. The van der Waals surface area contributed by atoms with Crippen molar-refractivity contribution >= 4 is 23.4 Å². The van der Waals surface area contributed by atoms with Crippen molar-refractivity contribution in [2.24, 2.45) is 0 Å². The number of piperidine rings is 1. The average Bonchev–Trinajstić information content (AvgIpc) is 2.32. The predicted molar refractivity (Wildman–Crippen MR) is 74.7 cm³/mol. The van der Waals surface area contributed by atoms with Gasteiger partial charge in [0.1, 0.15) is 0 Å². The van der Waals surface area contributed by atoms with Crippen LogP contribution in [-0.4, -0.2) is 29.5 Å². The van der Waals surface area contributed by atoms with Crippen LogP contribution in [0.1, 0.15) is 18.4 Å². The summed E-state index contributed by atoms with van der Waals surface area (Å²) >= 11 is 7.86. The number of halogens is 1. The Balaban J connectivity index is 1.81. The molecule has 17 heavy (non-hydrogen) atoms. The van der Waals surface area contributed by atoms with Gasteiger partial charge in [0.05, 0.1) is 5.60 Å². The second-order valence-corrected chi connectivity index (χ2v) is 5.95. The van der Waals surface area contributed by atoms with Crippen molar-refractivity contribution in [3.8, 4) is 0 Å². The first-order valence-electron chi connectivity index (χ1n) is 5.94. The third-order valence-electron chi connectivity index (χ3n) is 3.12. The van der Waals surface area contributed by atoms with Crippen LogP contribution in [0.2, 0.25) is 5.02 Å². The van der Waals surface area contributed by atoms with Crippen molar-refractivity contribution in [3.05, 3.63) is 34.9 Å². The van der Waals surface area contributed by atoms with Crippen LogP contribution in [0.15, 0.2) is 24.3 Å². The SMILES string of the molecule is OC1(CSCc2ccccc2Cl)CCNCC1. The molecule has 0 bridgehead atoms. The van der Waals surface area contributed by atoms with E-state index in [4.69, 9.17) is 11.6 Å². The molecule has 0 spiro atoms. The molecule has 2 N–H and O–H groups in total. The molecule has 1 heterocycles. The van der Waals surface area contributed by atoms with Gasteiger partial charge in [0.15, 0.2) is 0 Å². The Morgan fingerprint density at radius 2 is 2.00 bits per heavy atom. The summed E-state index contributed by atoms with van der Waals surface area (Å²) in [6.45, 7) is 1.84. The molecule has 0 aliphatic carbocycles. The van der Waals surface area contributed by atoms with Gasteiger partial charge in [-0.25, -0.2) is 0 Å². The molecule has 0 atom stereocenters. The van der Waals surface area contributed by atoms with Crippen molar-refractivity contribution < 1.29 is 5.11 Å². The summed E-state index contributed by atoms with van der Waals surface area (Å²) in [5.41, 5.74) is 0.661. The number of nitrogens with one attached hydrogen (secondary N) is 1. The molecule has 1 aliphatic heterocycles. The maximum Gasteiger partial charge on any atom is 0.0762 e. The van der Waals surface area contributed by atoms with Gasteiger partial charge in [-0.15, -0.1) is 0 Å². The Morgan fingerprint density at radius 3 is 2.71 bits per heavy atom. The molecule has 0 unspecified atom stereocenters. The van der Waals surface area contributed by atoms with Crippen molar-refractivity contribution in [1.29, 1.82) is 0 Å². The Hall–Kier alpha value is -0.220. The fraction of sp³-hybridized carbons (Fsp3) is 0.538. The smallest absolute Gasteiger partial charge is 0.0762 e. The van der Waals surface area contributed by atoms with E-state index < -0.39 is 5.60 Å². The molecule has 4 heteroatoms. The van der Waals surface area contributed by atoms with E-state index in [1.165, 1.54) is 0 Å². The summed E-state index contributed by atoms with van der Waals surface area (Å²) in [6.07, 6.45) is 1.70. The van der Waals surface area contributed by atoms with Gasteiger partial charge in [0.25, 0.3) is 0 Å². The average molecular weight is 272 g/mol. The number of hydrogen-bond donors (Lipinski definition) is 2. The zero-order valence-corrected chi connectivity index (χ0v) is 11.4. The highest BCUT2D eigenvalue weighted by Crippen LogP contribution is 2.27. The molecule has 0 radical (unpaired) electrons.